The highest BCUT2D eigenvalue weighted by molar-refractivity contribution is 5.91. The van der Waals surface area contributed by atoms with Gasteiger partial charge in [0.05, 0.1) is 0 Å². The third-order valence-corrected chi connectivity index (χ3v) is 2.20. The second-order valence-electron chi connectivity index (χ2n) is 3.45. The largest absolute Gasteiger partial charge is 0.486 e. The lowest BCUT2D eigenvalue weighted by molar-refractivity contribution is -0.116. The van der Waals surface area contributed by atoms with Crippen LogP contribution in [0.25, 0.3) is 0 Å². The molecule has 1 aromatic rings. The summed E-state index contributed by atoms with van der Waals surface area (Å²) < 4.78 is 10.8. The van der Waals surface area contributed by atoms with E-state index in [1.165, 1.54) is 0 Å². The van der Waals surface area contributed by atoms with Gasteiger partial charge in [-0.2, -0.15) is 0 Å². The highest BCUT2D eigenvalue weighted by atomic mass is 16.6. The number of fused-ring (bicyclic) bond motifs is 1. The summed E-state index contributed by atoms with van der Waals surface area (Å²) >= 11 is 0. The maximum Gasteiger partial charge on any atom is 0.225 e. The molecule has 1 heterocycles. The third kappa shape index (κ3) is 2.43. The van der Waals surface area contributed by atoms with Gasteiger partial charge < -0.3 is 20.5 Å². The van der Waals surface area contributed by atoms with Crippen LogP contribution in [0.15, 0.2) is 18.2 Å². The fourth-order valence-electron chi connectivity index (χ4n) is 1.48. The Hall–Kier alpha value is -1.75. The van der Waals surface area contributed by atoms with E-state index < -0.39 is 0 Å². The second kappa shape index (κ2) is 4.85. The minimum Gasteiger partial charge on any atom is -0.486 e. The number of carbonyl (C=O) groups excluding carboxylic acids is 1. The standard InChI is InChI=1S/C11H14N2O3/c12-4-3-11(14)13-8-1-2-9-10(7-8)16-6-5-15-9/h1-2,7H,3-6,12H2,(H,13,14). The van der Waals surface area contributed by atoms with Crippen molar-refractivity contribution in [1.29, 1.82) is 0 Å². The van der Waals surface area contributed by atoms with Gasteiger partial charge in [-0.15, -0.1) is 0 Å². The van der Waals surface area contributed by atoms with Crippen LogP contribution in [0.4, 0.5) is 5.69 Å². The number of hydrogen-bond acceptors (Lipinski definition) is 4. The van der Waals surface area contributed by atoms with Crippen molar-refractivity contribution in [3.63, 3.8) is 0 Å². The van der Waals surface area contributed by atoms with Crippen LogP contribution in [0.2, 0.25) is 0 Å². The van der Waals surface area contributed by atoms with E-state index in [4.69, 9.17) is 15.2 Å². The first-order chi connectivity index (χ1) is 7.79. The fraction of sp³-hybridized carbons (Fsp3) is 0.364. The molecule has 0 aliphatic carbocycles. The lowest BCUT2D eigenvalue weighted by atomic mass is 10.2. The maximum absolute atomic E-state index is 11.3. The topological polar surface area (TPSA) is 73.6 Å². The van der Waals surface area contributed by atoms with E-state index in [1.807, 2.05) is 0 Å². The molecule has 0 unspecified atom stereocenters. The summed E-state index contributed by atoms with van der Waals surface area (Å²) in [5.74, 6) is 1.28. The number of nitrogens with two attached hydrogens (primary N) is 1. The molecule has 86 valence electrons. The van der Waals surface area contributed by atoms with Crippen molar-refractivity contribution >= 4 is 11.6 Å². The summed E-state index contributed by atoms with van der Waals surface area (Å²) in [7, 11) is 0. The normalized spacial score (nSPS) is 13.3. The summed E-state index contributed by atoms with van der Waals surface area (Å²) in [4.78, 5) is 11.3. The molecule has 5 nitrogen and oxygen atoms in total. The van der Waals surface area contributed by atoms with Crippen molar-refractivity contribution < 1.29 is 14.3 Å². The Morgan fingerprint density at radius 3 is 2.81 bits per heavy atom. The Labute approximate surface area is 93.5 Å². The highest BCUT2D eigenvalue weighted by Gasteiger charge is 2.12. The van der Waals surface area contributed by atoms with Gasteiger partial charge in [-0.1, -0.05) is 0 Å². The van der Waals surface area contributed by atoms with Crippen molar-refractivity contribution in [3.8, 4) is 11.5 Å². The summed E-state index contributed by atoms with van der Waals surface area (Å²) in [6, 6.07) is 5.32. The number of hydrogen-bond donors (Lipinski definition) is 2. The van der Waals surface area contributed by atoms with E-state index >= 15 is 0 Å². The van der Waals surface area contributed by atoms with Gasteiger partial charge in [-0.3, -0.25) is 4.79 Å². The Morgan fingerprint density at radius 1 is 1.31 bits per heavy atom. The van der Waals surface area contributed by atoms with E-state index in [0.717, 1.165) is 0 Å². The Balaban J connectivity index is 2.08. The number of ether oxygens (including phenoxy) is 2. The molecule has 2 rings (SSSR count). The lowest BCUT2D eigenvalue weighted by Gasteiger charge is -2.18. The van der Waals surface area contributed by atoms with Gasteiger partial charge >= 0.3 is 0 Å². The minimum absolute atomic E-state index is 0.0980. The Bertz CT molecular complexity index is 393. The Morgan fingerprint density at radius 2 is 2.06 bits per heavy atom. The van der Waals surface area contributed by atoms with Crippen LogP contribution < -0.4 is 20.5 Å². The first kappa shape index (κ1) is 10.8. The van der Waals surface area contributed by atoms with Gasteiger partial charge in [0.2, 0.25) is 5.91 Å². The van der Waals surface area contributed by atoms with E-state index in [1.54, 1.807) is 18.2 Å². The van der Waals surface area contributed by atoms with Gasteiger partial charge in [-0.25, -0.2) is 0 Å². The first-order valence-corrected chi connectivity index (χ1v) is 5.19. The Kier molecular flexibility index (Phi) is 3.26. The summed E-state index contributed by atoms with van der Waals surface area (Å²) in [5, 5.41) is 2.74. The van der Waals surface area contributed by atoms with Crippen LogP contribution in [0.5, 0.6) is 11.5 Å². The maximum atomic E-state index is 11.3. The van der Waals surface area contributed by atoms with E-state index in [-0.39, 0.29) is 5.91 Å². The first-order valence-electron chi connectivity index (χ1n) is 5.19. The summed E-state index contributed by atoms with van der Waals surface area (Å²) in [6.45, 7) is 1.44. The fourth-order valence-corrected chi connectivity index (χ4v) is 1.48. The second-order valence-corrected chi connectivity index (χ2v) is 3.45. The molecular weight excluding hydrogens is 208 g/mol. The molecule has 1 aliphatic rings. The molecule has 0 saturated carbocycles. The summed E-state index contributed by atoms with van der Waals surface area (Å²) in [5.41, 5.74) is 5.99. The molecule has 0 aromatic heterocycles. The molecule has 1 aliphatic heterocycles. The van der Waals surface area contributed by atoms with Crippen molar-refractivity contribution in [2.45, 2.75) is 6.42 Å². The third-order valence-electron chi connectivity index (χ3n) is 2.20. The van der Waals surface area contributed by atoms with Gasteiger partial charge in [-0.05, 0) is 12.1 Å². The zero-order valence-corrected chi connectivity index (χ0v) is 8.86. The number of nitrogens with one attached hydrogen (secondary N) is 1. The SMILES string of the molecule is NCCC(=O)Nc1ccc2c(c1)OCCO2. The molecule has 5 heteroatoms. The lowest BCUT2D eigenvalue weighted by Crippen LogP contribution is -2.17. The predicted octanol–water partition coefficient (Wildman–Crippen LogP) is 0.745. The van der Waals surface area contributed by atoms with E-state index in [0.29, 0.717) is 43.4 Å². The number of carbonyl (C=O) groups is 1. The van der Waals surface area contributed by atoms with E-state index in [9.17, 15) is 4.79 Å². The quantitative estimate of drug-likeness (QED) is 0.791. The zero-order valence-electron chi connectivity index (χ0n) is 8.86. The van der Waals surface area contributed by atoms with Gasteiger partial charge in [0, 0.05) is 24.7 Å². The smallest absolute Gasteiger partial charge is 0.225 e. The average molecular weight is 222 g/mol. The van der Waals surface area contributed by atoms with Crippen LogP contribution in [0.1, 0.15) is 6.42 Å². The average Bonchev–Trinajstić information content (AvgIpc) is 2.29. The number of anilines is 1. The zero-order chi connectivity index (χ0) is 11.4. The molecule has 0 spiro atoms. The molecule has 1 aromatic carbocycles. The molecular formula is C11H14N2O3. The van der Waals surface area contributed by atoms with Gasteiger partial charge in [0.1, 0.15) is 13.2 Å². The monoisotopic (exact) mass is 222 g/mol. The highest BCUT2D eigenvalue weighted by Crippen LogP contribution is 2.32. The van der Waals surface area contributed by atoms with Crippen molar-refractivity contribution in [1.82, 2.24) is 0 Å². The van der Waals surface area contributed by atoms with Crippen LogP contribution in [0.3, 0.4) is 0 Å². The van der Waals surface area contributed by atoms with Gasteiger partial charge in [0.15, 0.2) is 11.5 Å². The van der Waals surface area contributed by atoms with E-state index in [2.05, 4.69) is 5.32 Å². The molecule has 0 saturated heterocycles. The van der Waals surface area contributed by atoms with Crippen molar-refractivity contribution in [3.05, 3.63) is 18.2 Å². The van der Waals surface area contributed by atoms with Gasteiger partial charge in [0.25, 0.3) is 0 Å². The molecule has 3 N–H and O–H groups in total. The minimum atomic E-state index is -0.0980. The molecule has 0 atom stereocenters. The van der Waals surface area contributed by atoms with Crippen LogP contribution in [0, 0.1) is 0 Å². The molecule has 1 amide bonds. The number of rotatable bonds is 3. The number of benzene rings is 1. The molecule has 0 fully saturated rings. The molecule has 0 radical (unpaired) electrons. The number of amides is 1. The molecule has 0 bridgehead atoms. The predicted molar refractivity (Wildman–Crippen MR) is 59.7 cm³/mol. The summed E-state index contributed by atoms with van der Waals surface area (Å²) in [6.07, 6.45) is 0.314. The molecule has 16 heavy (non-hydrogen) atoms. The van der Waals surface area contributed by atoms with Crippen LogP contribution in [-0.2, 0) is 4.79 Å². The van der Waals surface area contributed by atoms with Crippen LogP contribution in [-0.4, -0.2) is 25.7 Å². The van der Waals surface area contributed by atoms with Crippen LogP contribution >= 0.6 is 0 Å². The van der Waals surface area contributed by atoms with Crippen molar-refractivity contribution in [2.75, 3.05) is 25.1 Å². The van der Waals surface area contributed by atoms with Crippen molar-refractivity contribution in [2.24, 2.45) is 5.73 Å².